The average Bonchev–Trinajstić information content (AvgIpc) is 3.13. The first kappa shape index (κ1) is 18.1. The van der Waals surface area contributed by atoms with Gasteiger partial charge in [-0.25, -0.2) is 0 Å². The lowest BCUT2D eigenvalue weighted by Gasteiger charge is -2.30. The van der Waals surface area contributed by atoms with Crippen molar-refractivity contribution in [1.29, 1.82) is 0 Å². The minimum atomic E-state index is 0.111. The lowest BCUT2D eigenvalue weighted by atomic mass is 10.1. The lowest BCUT2D eigenvalue weighted by Crippen LogP contribution is -3.28. The van der Waals surface area contributed by atoms with Gasteiger partial charge in [-0.15, -0.1) is 11.3 Å². The molecule has 134 valence electrons. The fourth-order valence-corrected chi connectivity index (χ4v) is 4.25. The van der Waals surface area contributed by atoms with Gasteiger partial charge in [0.15, 0.2) is 6.54 Å². The molecule has 0 spiro atoms. The maximum Gasteiger partial charge on any atom is 0.275 e. The maximum atomic E-state index is 12.3. The summed E-state index contributed by atoms with van der Waals surface area (Å²) in [6.45, 7) is 10.4. The van der Waals surface area contributed by atoms with Crippen molar-refractivity contribution in [3.63, 3.8) is 0 Å². The Morgan fingerprint density at radius 1 is 1.12 bits per heavy atom. The fraction of sp³-hybridized carbons (Fsp3) is 0.450. The molecular weight excluding hydrogens is 330 g/mol. The summed E-state index contributed by atoms with van der Waals surface area (Å²) in [7, 11) is 0. The van der Waals surface area contributed by atoms with Crippen molar-refractivity contribution in [1.82, 2.24) is 5.32 Å². The second kappa shape index (κ2) is 8.61. The SMILES string of the molecule is Cc1ccccc1C[NH+]1CC[NH+](CC(=O)N[C@@H](C)c2cccs2)CC1. The first-order chi connectivity index (χ1) is 12.1. The van der Waals surface area contributed by atoms with E-state index in [1.165, 1.54) is 20.9 Å². The maximum absolute atomic E-state index is 12.3. The van der Waals surface area contributed by atoms with Crippen molar-refractivity contribution in [2.45, 2.75) is 26.4 Å². The minimum Gasteiger partial charge on any atom is -0.344 e. The summed E-state index contributed by atoms with van der Waals surface area (Å²) in [4.78, 5) is 16.6. The molecule has 0 unspecified atom stereocenters. The molecule has 3 rings (SSSR count). The number of amides is 1. The van der Waals surface area contributed by atoms with Crippen LogP contribution < -0.4 is 15.1 Å². The van der Waals surface area contributed by atoms with Gasteiger partial charge >= 0.3 is 0 Å². The van der Waals surface area contributed by atoms with Crippen molar-refractivity contribution in [2.24, 2.45) is 0 Å². The van der Waals surface area contributed by atoms with Gasteiger partial charge in [0.25, 0.3) is 5.91 Å². The monoisotopic (exact) mass is 359 g/mol. The van der Waals surface area contributed by atoms with Crippen LogP contribution in [0.5, 0.6) is 0 Å². The molecule has 4 nitrogen and oxygen atoms in total. The van der Waals surface area contributed by atoms with Crippen molar-refractivity contribution >= 4 is 17.2 Å². The van der Waals surface area contributed by atoms with E-state index < -0.39 is 0 Å². The Morgan fingerprint density at radius 2 is 1.84 bits per heavy atom. The Balaban J connectivity index is 1.41. The van der Waals surface area contributed by atoms with Crippen molar-refractivity contribution in [3.05, 3.63) is 57.8 Å². The zero-order valence-electron chi connectivity index (χ0n) is 15.2. The largest absolute Gasteiger partial charge is 0.344 e. The zero-order valence-corrected chi connectivity index (χ0v) is 16.0. The topological polar surface area (TPSA) is 38.0 Å². The van der Waals surface area contributed by atoms with Crippen molar-refractivity contribution < 1.29 is 14.6 Å². The van der Waals surface area contributed by atoms with Crippen LogP contribution in [0.4, 0.5) is 0 Å². The van der Waals surface area contributed by atoms with Crippen LogP contribution in [0.2, 0.25) is 0 Å². The molecule has 0 saturated carbocycles. The number of thiophene rings is 1. The Morgan fingerprint density at radius 3 is 2.52 bits per heavy atom. The molecule has 2 aromatic rings. The van der Waals surface area contributed by atoms with Crippen LogP contribution in [0.3, 0.4) is 0 Å². The van der Waals surface area contributed by atoms with Gasteiger partial charge < -0.3 is 15.1 Å². The predicted molar refractivity (Wildman–Crippen MR) is 102 cm³/mol. The van der Waals surface area contributed by atoms with Crippen LogP contribution in [0.1, 0.15) is 29.0 Å². The van der Waals surface area contributed by atoms with E-state index in [0.717, 1.165) is 32.7 Å². The summed E-state index contributed by atoms with van der Waals surface area (Å²) in [5.74, 6) is 0.165. The standard InChI is InChI=1S/C20H27N3OS/c1-16-6-3-4-7-18(16)14-22-9-11-23(12-10-22)15-20(24)21-17(2)19-8-5-13-25-19/h3-8,13,17H,9-12,14-15H2,1-2H3,(H,21,24)/p+2/t17-/m0/s1. The molecule has 1 atom stereocenters. The molecule has 0 aliphatic carbocycles. The Bertz CT molecular complexity index is 678. The molecule has 3 N–H and O–H groups in total. The highest BCUT2D eigenvalue weighted by Crippen LogP contribution is 2.17. The number of piperazine rings is 1. The first-order valence-electron chi connectivity index (χ1n) is 9.16. The third-order valence-electron chi connectivity index (χ3n) is 5.12. The first-order valence-corrected chi connectivity index (χ1v) is 10.0. The van der Waals surface area contributed by atoms with Gasteiger partial charge in [0.05, 0.1) is 6.04 Å². The number of rotatable bonds is 6. The number of aryl methyl sites for hydroxylation is 1. The number of carbonyl (C=O) groups is 1. The quantitative estimate of drug-likeness (QED) is 0.678. The molecule has 1 aliphatic heterocycles. The number of quaternary nitrogens is 2. The number of nitrogens with one attached hydrogen (secondary N) is 3. The van der Waals surface area contributed by atoms with Crippen LogP contribution in [-0.2, 0) is 11.3 Å². The molecule has 0 radical (unpaired) electrons. The van der Waals surface area contributed by atoms with Crippen LogP contribution >= 0.6 is 11.3 Å². The molecule has 1 aromatic heterocycles. The van der Waals surface area contributed by atoms with Gasteiger partial charge in [-0.05, 0) is 30.9 Å². The number of benzene rings is 1. The molecule has 25 heavy (non-hydrogen) atoms. The summed E-state index contributed by atoms with van der Waals surface area (Å²) in [6, 6.07) is 12.9. The minimum absolute atomic E-state index is 0.111. The van der Waals surface area contributed by atoms with Gasteiger partial charge in [-0.2, -0.15) is 0 Å². The van der Waals surface area contributed by atoms with Gasteiger partial charge in [-0.1, -0.05) is 30.3 Å². The molecule has 1 saturated heterocycles. The molecule has 5 heteroatoms. The highest BCUT2D eigenvalue weighted by Gasteiger charge is 2.25. The Labute approximate surface area is 154 Å². The summed E-state index contributed by atoms with van der Waals surface area (Å²) in [5, 5.41) is 5.19. The van der Waals surface area contributed by atoms with E-state index in [1.807, 2.05) is 6.07 Å². The molecular formula is C20H29N3OS+2. The van der Waals surface area contributed by atoms with Gasteiger partial charge in [0, 0.05) is 10.4 Å². The summed E-state index contributed by atoms with van der Waals surface area (Å²) in [6.07, 6.45) is 0. The summed E-state index contributed by atoms with van der Waals surface area (Å²) in [5.41, 5.74) is 2.83. The third kappa shape index (κ3) is 5.14. The zero-order chi connectivity index (χ0) is 17.6. The molecule has 1 fully saturated rings. The molecule has 1 aliphatic rings. The predicted octanol–water partition coefficient (Wildman–Crippen LogP) is 0.217. The van der Waals surface area contributed by atoms with E-state index in [0.29, 0.717) is 6.54 Å². The third-order valence-corrected chi connectivity index (χ3v) is 6.18. The van der Waals surface area contributed by atoms with Crippen LogP contribution in [0.25, 0.3) is 0 Å². The highest BCUT2D eigenvalue weighted by molar-refractivity contribution is 7.10. The molecule has 2 heterocycles. The molecule has 0 bridgehead atoms. The van der Waals surface area contributed by atoms with E-state index in [-0.39, 0.29) is 11.9 Å². The normalized spacial score (nSPS) is 21.7. The average molecular weight is 360 g/mol. The van der Waals surface area contributed by atoms with E-state index in [4.69, 9.17) is 0 Å². The number of hydrogen-bond acceptors (Lipinski definition) is 2. The second-order valence-electron chi connectivity index (χ2n) is 7.08. The number of carbonyl (C=O) groups excluding carboxylic acids is 1. The van der Waals surface area contributed by atoms with E-state index in [2.05, 4.69) is 54.9 Å². The van der Waals surface area contributed by atoms with Crippen molar-refractivity contribution in [3.8, 4) is 0 Å². The van der Waals surface area contributed by atoms with E-state index >= 15 is 0 Å². The van der Waals surface area contributed by atoms with Crippen molar-refractivity contribution in [2.75, 3.05) is 32.7 Å². The molecule has 1 aromatic carbocycles. The van der Waals surface area contributed by atoms with Gasteiger partial charge in [0.2, 0.25) is 0 Å². The second-order valence-corrected chi connectivity index (χ2v) is 8.06. The van der Waals surface area contributed by atoms with Gasteiger partial charge in [-0.3, -0.25) is 4.79 Å². The van der Waals surface area contributed by atoms with E-state index in [9.17, 15) is 4.79 Å². The van der Waals surface area contributed by atoms with Crippen LogP contribution in [0.15, 0.2) is 41.8 Å². The summed E-state index contributed by atoms with van der Waals surface area (Å²) < 4.78 is 0. The highest BCUT2D eigenvalue weighted by atomic mass is 32.1. The fourth-order valence-electron chi connectivity index (χ4n) is 3.52. The van der Waals surface area contributed by atoms with E-state index in [1.54, 1.807) is 16.2 Å². The van der Waals surface area contributed by atoms with Crippen LogP contribution in [-0.4, -0.2) is 38.6 Å². The summed E-state index contributed by atoms with van der Waals surface area (Å²) >= 11 is 1.70. The van der Waals surface area contributed by atoms with Gasteiger partial charge in [0.1, 0.15) is 32.7 Å². The molecule has 1 amide bonds. The van der Waals surface area contributed by atoms with Crippen LogP contribution in [0, 0.1) is 6.92 Å². The number of hydrogen-bond donors (Lipinski definition) is 3. The Kier molecular flexibility index (Phi) is 6.24. The smallest absolute Gasteiger partial charge is 0.275 e. The lowest BCUT2D eigenvalue weighted by molar-refractivity contribution is -1.02. The Hall–Kier alpha value is -1.69.